The molecule has 0 saturated heterocycles. The third-order valence-corrected chi connectivity index (χ3v) is 5.83. The zero-order valence-electron chi connectivity index (χ0n) is 13.0. The fourth-order valence-corrected chi connectivity index (χ4v) is 4.17. The van der Waals surface area contributed by atoms with E-state index in [0.717, 1.165) is 0 Å². The lowest BCUT2D eigenvalue weighted by Gasteiger charge is -2.26. The second-order valence-corrected chi connectivity index (χ2v) is 7.62. The van der Waals surface area contributed by atoms with Crippen LogP contribution in [0.15, 0.2) is 60.7 Å². The van der Waals surface area contributed by atoms with Crippen LogP contribution in [0.5, 0.6) is 0 Å². The van der Waals surface area contributed by atoms with Crippen LogP contribution in [-0.4, -0.2) is 29.4 Å². The lowest BCUT2D eigenvalue weighted by Crippen LogP contribution is -2.61. The minimum Gasteiger partial charge on any atom is -0.479 e. The zero-order chi connectivity index (χ0) is 18.5. The number of carboxylic acids is 1. The smallest absolute Gasteiger partial charge is 0.351 e. The van der Waals surface area contributed by atoms with Crippen LogP contribution in [0.25, 0.3) is 0 Å². The number of nitrogens with zero attached hydrogens (tertiary/aromatic N) is 1. The molecule has 0 spiro atoms. The summed E-state index contributed by atoms with van der Waals surface area (Å²) in [5.41, 5.74) is 2.22. The summed E-state index contributed by atoms with van der Waals surface area (Å²) in [7, 11) is -4.48. The number of hydrogen-bond donors (Lipinski definition) is 2. The van der Waals surface area contributed by atoms with Gasteiger partial charge in [-0.25, -0.2) is 23.3 Å². The Morgan fingerprint density at radius 2 is 1.52 bits per heavy atom. The van der Waals surface area contributed by atoms with Crippen LogP contribution in [0.4, 0.5) is 0 Å². The van der Waals surface area contributed by atoms with E-state index in [1.807, 2.05) is 0 Å². The molecule has 2 rings (SSSR count). The maximum atomic E-state index is 12.9. The van der Waals surface area contributed by atoms with E-state index in [4.69, 9.17) is 0 Å². The second kappa shape index (κ2) is 7.31. The fourth-order valence-electron chi connectivity index (χ4n) is 2.42. The standard InChI is InChI=1S/C16H16N2O6S/c19-15(20)16(17-18(21)22,11-13-7-3-1-4-8-13)25(23,24)12-14-9-5-2-6-10-14/h1-10,17H,11-12H2,(H,19,20). The van der Waals surface area contributed by atoms with Crippen molar-refractivity contribution in [2.45, 2.75) is 17.0 Å². The number of hydrazine groups is 1. The first-order valence-corrected chi connectivity index (χ1v) is 8.88. The fraction of sp³-hybridized carbons (Fsp3) is 0.188. The number of hydrogen-bond acceptors (Lipinski definition) is 5. The van der Waals surface area contributed by atoms with Crippen LogP contribution < -0.4 is 5.43 Å². The summed E-state index contributed by atoms with van der Waals surface area (Å²) in [4.78, 5) is 20.0. The van der Waals surface area contributed by atoms with Gasteiger partial charge in [-0.1, -0.05) is 60.7 Å². The molecule has 0 radical (unpaired) electrons. The molecule has 0 bridgehead atoms. The number of sulfone groups is 1. The molecule has 0 aliphatic heterocycles. The SMILES string of the molecule is O=C(O)C(Cc1ccccc1)(N[N+](=O)[O-])S(=O)(=O)Cc1ccccc1. The van der Waals surface area contributed by atoms with Gasteiger partial charge in [0.05, 0.1) is 5.75 Å². The lowest BCUT2D eigenvalue weighted by atomic mass is 10.1. The number of nitrogens with one attached hydrogen (secondary N) is 1. The first-order valence-electron chi connectivity index (χ1n) is 7.22. The van der Waals surface area contributed by atoms with Gasteiger partial charge in [0.25, 0.3) is 4.87 Å². The highest BCUT2D eigenvalue weighted by atomic mass is 32.2. The van der Waals surface area contributed by atoms with Crippen LogP contribution in [0, 0.1) is 10.1 Å². The molecule has 132 valence electrons. The minimum absolute atomic E-state index is 0.339. The summed E-state index contributed by atoms with van der Waals surface area (Å²) in [5, 5.41) is 19.4. The van der Waals surface area contributed by atoms with Gasteiger partial charge in [-0.2, -0.15) is 0 Å². The van der Waals surface area contributed by atoms with Gasteiger partial charge in [0, 0.05) is 6.42 Å². The molecule has 0 saturated carbocycles. The molecule has 9 heteroatoms. The lowest BCUT2D eigenvalue weighted by molar-refractivity contribution is -0.551. The molecule has 0 amide bonds. The average Bonchev–Trinajstić information content (AvgIpc) is 2.55. The maximum absolute atomic E-state index is 12.9. The van der Waals surface area contributed by atoms with E-state index < -0.39 is 37.9 Å². The van der Waals surface area contributed by atoms with E-state index >= 15 is 0 Å². The number of rotatable bonds is 8. The second-order valence-electron chi connectivity index (χ2n) is 5.41. The highest BCUT2D eigenvalue weighted by molar-refractivity contribution is 7.92. The normalized spacial score (nSPS) is 13.6. The molecule has 8 nitrogen and oxygen atoms in total. The van der Waals surface area contributed by atoms with Gasteiger partial charge in [-0.05, 0) is 11.1 Å². The van der Waals surface area contributed by atoms with E-state index in [1.165, 1.54) is 29.7 Å². The first kappa shape index (κ1) is 18.4. The largest absolute Gasteiger partial charge is 0.479 e. The molecule has 0 aliphatic carbocycles. The Morgan fingerprint density at radius 1 is 1.04 bits per heavy atom. The van der Waals surface area contributed by atoms with Crippen LogP contribution in [-0.2, 0) is 26.8 Å². The Hall–Kier alpha value is -2.94. The Morgan fingerprint density at radius 3 is 1.96 bits per heavy atom. The number of carbonyl (C=O) groups is 1. The molecule has 1 atom stereocenters. The summed E-state index contributed by atoms with van der Waals surface area (Å²) >= 11 is 0. The Bertz CT molecular complexity index is 855. The van der Waals surface area contributed by atoms with E-state index in [1.54, 1.807) is 36.4 Å². The molecule has 0 fully saturated rings. The van der Waals surface area contributed by atoms with Crippen molar-refractivity contribution in [2.24, 2.45) is 0 Å². The van der Waals surface area contributed by atoms with Crippen molar-refractivity contribution >= 4 is 15.8 Å². The molecular formula is C16H16N2O6S. The highest BCUT2D eigenvalue weighted by Crippen LogP contribution is 2.25. The Kier molecular flexibility index (Phi) is 5.38. The van der Waals surface area contributed by atoms with E-state index in [9.17, 15) is 28.4 Å². The van der Waals surface area contributed by atoms with Gasteiger partial charge < -0.3 is 5.11 Å². The topological polar surface area (TPSA) is 127 Å². The maximum Gasteiger partial charge on any atom is 0.351 e. The van der Waals surface area contributed by atoms with Crippen molar-refractivity contribution in [2.75, 3.05) is 0 Å². The minimum atomic E-state index is -4.48. The summed E-state index contributed by atoms with van der Waals surface area (Å²) in [5.74, 6) is -2.47. The summed E-state index contributed by atoms with van der Waals surface area (Å²) in [6, 6.07) is 15.8. The van der Waals surface area contributed by atoms with Crippen LogP contribution in [0.2, 0.25) is 0 Å². The van der Waals surface area contributed by atoms with E-state index in [-0.39, 0.29) is 0 Å². The van der Waals surface area contributed by atoms with Crippen molar-refractivity contribution < 1.29 is 23.4 Å². The predicted molar refractivity (Wildman–Crippen MR) is 89.7 cm³/mol. The van der Waals surface area contributed by atoms with Gasteiger partial charge in [0.15, 0.2) is 14.9 Å². The third-order valence-electron chi connectivity index (χ3n) is 3.64. The van der Waals surface area contributed by atoms with Crippen LogP contribution in [0.3, 0.4) is 0 Å². The molecule has 1 unspecified atom stereocenters. The van der Waals surface area contributed by atoms with Crippen molar-refractivity contribution in [3.05, 3.63) is 81.9 Å². The van der Waals surface area contributed by atoms with Gasteiger partial charge in [-0.3, -0.25) is 0 Å². The third kappa shape index (κ3) is 4.13. The van der Waals surface area contributed by atoms with Gasteiger partial charge >= 0.3 is 5.97 Å². The average molecular weight is 364 g/mol. The molecule has 25 heavy (non-hydrogen) atoms. The molecule has 0 aromatic heterocycles. The van der Waals surface area contributed by atoms with Crippen LogP contribution in [0.1, 0.15) is 11.1 Å². The van der Waals surface area contributed by atoms with Gasteiger partial charge in [0.1, 0.15) is 0 Å². The molecule has 0 heterocycles. The molecule has 2 N–H and O–H groups in total. The number of benzene rings is 2. The summed E-state index contributed by atoms with van der Waals surface area (Å²) < 4.78 is 25.7. The van der Waals surface area contributed by atoms with Gasteiger partial charge in [0.2, 0.25) is 0 Å². The van der Waals surface area contributed by atoms with E-state index in [2.05, 4.69) is 0 Å². The first-order chi connectivity index (χ1) is 11.8. The summed E-state index contributed by atoms with van der Waals surface area (Å²) in [6.45, 7) is 0. The van der Waals surface area contributed by atoms with Crippen molar-refractivity contribution in [3.63, 3.8) is 0 Å². The Balaban J connectivity index is 2.52. The number of carboxylic acid groups (broad SMARTS) is 1. The number of nitro groups is 1. The molecular weight excluding hydrogens is 348 g/mol. The van der Waals surface area contributed by atoms with Crippen LogP contribution >= 0.6 is 0 Å². The highest BCUT2D eigenvalue weighted by Gasteiger charge is 2.55. The van der Waals surface area contributed by atoms with Crippen molar-refractivity contribution in [1.82, 2.24) is 5.43 Å². The Labute approximate surface area is 144 Å². The summed E-state index contributed by atoms with van der Waals surface area (Å²) in [6.07, 6.45) is -0.584. The zero-order valence-corrected chi connectivity index (χ0v) is 13.8. The molecule has 2 aromatic carbocycles. The molecule has 2 aromatic rings. The number of aliphatic carboxylic acids is 1. The monoisotopic (exact) mass is 364 g/mol. The quantitative estimate of drug-likeness (QED) is 0.535. The van der Waals surface area contributed by atoms with Crippen molar-refractivity contribution in [3.8, 4) is 0 Å². The van der Waals surface area contributed by atoms with Gasteiger partial charge in [-0.15, -0.1) is 5.43 Å². The van der Waals surface area contributed by atoms with Crippen molar-refractivity contribution in [1.29, 1.82) is 0 Å². The molecule has 0 aliphatic rings. The predicted octanol–water partition coefficient (Wildman–Crippen LogP) is 1.41. The van der Waals surface area contributed by atoms with E-state index in [0.29, 0.717) is 11.1 Å².